The van der Waals surface area contributed by atoms with Gasteiger partial charge in [0.1, 0.15) is 5.78 Å². The maximum atomic E-state index is 12.8. The lowest BCUT2D eigenvalue weighted by atomic mass is 9.96. The SMILES string of the molecule is CC(=O)C1CCCN(S(=O)(=O)c2ccc3c(c2)CCC3)C1. The smallest absolute Gasteiger partial charge is 0.243 e. The second kappa shape index (κ2) is 5.54. The molecular weight excluding hydrogens is 286 g/mol. The van der Waals surface area contributed by atoms with Crippen LogP contribution < -0.4 is 0 Å². The normalized spacial score (nSPS) is 23.0. The fourth-order valence-electron chi connectivity index (χ4n) is 3.35. The predicted molar refractivity (Wildman–Crippen MR) is 80.6 cm³/mol. The van der Waals surface area contributed by atoms with Gasteiger partial charge in [0.15, 0.2) is 0 Å². The summed E-state index contributed by atoms with van der Waals surface area (Å²) in [6.07, 6.45) is 4.68. The van der Waals surface area contributed by atoms with Crippen molar-refractivity contribution in [3.8, 4) is 0 Å². The van der Waals surface area contributed by atoms with E-state index in [9.17, 15) is 13.2 Å². The topological polar surface area (TPSA) is 54.5 Å². The highest BCUT2D eigenvalue weighted by Gasteiger charge is 2.32. The van der Waals surface area contributed by atoms with E-state index in [1.54, 1.807) is 13.0 Å². The Hall–Kier alpha value is -1.20. The van der Waals surface area contributed by atoms with Crippen molar-refractivity contribution in [2.75, 3.05) is 13.1 Å². The van der Waals surface area contributed by atoms with Crippen molar-refractivity contribution >= 4 is 15.8 Å². The maximum absolute atomic E-state index is 12.8. The third-order valence-electron chi connectivity index (χ3n) is 4.67. The van der Waals surface area contributed by atoms with E-state index >= 15 is 0 Å². The van der Waals surface area contributed by atoms with Gasteiger partial charge in [0.05, 0.1) is 4.90 Å². The average Bonchev–Trinajstić information content (AvgIpc) is 2.94. The number of Topliss-reactive ketones (excluding diaryl/α,β-unsaturated/α-hetero) is 1. The van der Waals surface area contributed by atoms with Crippen molar-refractivity contribution in [1.82, 2.24) is 4.31 Å². The summed E-state index contributed by atoms with van der Waals surface area (Å²) in [4.78, 5) is 11.9. The van der Waals surface area contributed by atoms with Crippen LogP contribution >= 0.6 is 0 Å². The Kier molecular flexibility index (Phi) is 3.88. The van der Waals surface area contributed by atoms with Crippen LogP contribution in [0.15, 0.2) is 23.1 Å². The number of hydrogen-bond acceptors (Lipinski definition) is 3. The second-order valence-corrected chi connectivity index (χ2v) is 8.03. The third-order valence-corrected chi connectivity index (χ3v) is 6.53. The molecule has 114 valence electrons. The molecule has 0 amide bonds. The number of rotatable bonds is 3. The van der Waals surface area contributed by atoms with E-state index in [-0.39, 0.29) is 11.7 Å². The minimum Gasteiger partial charge on any atom is -0.300 e. The first-order valence-corrected chi connectivity index (χ1v) is 9.05. The lowest BCUT2D eigenvalue weighted by molar-refractivity contribution is -0.121. The second-order valence-electron chi connectivity index (χ2n) is 6.10. The van der Waals surface area contributed by atoms with Crippen LogP contribution in [0.25, 0.3) is 0 Å². The number of carbonyl (C=O) groups excluding carboxylic acids is 1. The Morgan fingerprint density at radius 1 is 1.19 bits per heavy atom. The first kappa shape index (κ1) is 14.7. The molecule has 0 N–H and O–H groups in total. The number of benzene rings is 1. The Morgan fingerprint density at radius 3 is 2.71 bits per heavy atom. The molecule has 1 unspecified atom stereocenters. The van der Waals surface area contributed by atoms with Gasteiger partial charge in [-0.05, 0) is 62.3 Å². The standard InChI is InChI=1S/C16H21NO3S/c1-12(18)15-6-3-9-17(11-15)21(19,20)16-8-7-13-4-2-5-14(13)10-16/h7-8,10,15H,2-6,9,11H2,1H3. The van der Waals surface area contributed by atoms with Gasteiger partial charge in [-0.3, -0.25) is 4.79 Å². The van der Waals surface area contributed by atoms with E-state index in [4.69, 9.17) is 0 Å². The zero-order valence-electron chi connectivity index (χ0n) is 12.3. The van der Waals surface area contributed by atoms with Gasteiger partial charge in [0, 0.05) is 19.0 Å². The van der Waals surface area contributed by atoms with E-state index < -0.39 is 10.0 Å². The van der Waals surface area contributed by atoms with Gasteiger partial charge in [-0.25, -0.2) is 8.42 Å². The molecule has 5 heteroatoms. The molecule has 1 atom stereocenters. The van der Waals surface area contributed by atoms with Crippen molar-refractivity contribution in [1.29, 1.82) is 0 Å². The minimum absolute atomic E-state index is 0.0869. The van der Waals surface area contributed by atoms with Crippen LogP contribution in [0.1, 0.15) is 37.3 Å². The highest BCUT2D eigenvalue weighted by atomic mass is 32.2. The quantitative estimate of drug-likeness (QED) is 0.860. The van der Waals surface area contributed by atoms with E-state index in [1.165, 1.54) is 9.87 Å². The Labute approximate surface area is 126 Å². The zero-order valence-corrected chi connectivity index (χ0v) is 13.2. The van der Waals surface area contributed by atoms with E-state index in [2.05, 4.69) is 0 Å². The van der Waals surface area contributed by atoms with Gasteiger partial charge < -0.3 is 0 Å². The average molecular weight is 307 g/mol. The summed E-state index contributed by atoms with van der Waals surface area (Å²) in [6, 6.07) is 5.49. The van der Waals surface area contributed by atoms with Crippen LogP contribution in [-0.4, -0.2) is 31.6 Å². The number of fused-ring (bicyclic) bond motifs is 1. The monoisotopic (exact) mass is 307 g/mol. The fourth-order valence-corrected chi connectivity index (χ4v) is 4.93. The molecule has 1 saturated heterocycles. The molecule has 1 heterocycles. The van der Waals surface area contributed by atoms with Crippen molar-refractivity contribution in [3.63, 3.8) is 0 Å². The molecule has 1 aromatic rings. The molecule has 4 nitrogen and oxygen atoms in total. The van der Waals surface area contributed by atoms with Crippen LogP contribution in [0, 0.1) is 5.92 Å². The van der Waals surface area contributed by atoms with Crippen LogP contribution in [0.3, 0.4) is 0 Å². The maximum Gasteiger partial charge on any atom is 0.243 e. The third kappa shape index (κ3) is 2.77. The van der Waals surface area contributed by atoms with Gasteiger partial charge in [-0.2, -0.15) is 4.31 Å². The summed E-state index contributed by atoms with van der Waals surface area (Å²) in [7, 11) is -3.47. The van der Waals surface area contributed by atoms with Crippen LogP contribution in [-0.2, 0) is 27.7 Å². The molecule has 1 aliphatic heterocycles. The molecule has 2 aliphatic rings. The summed E-state index contributed by atoms with van der Waals surface area (Å²) >= 11 is 0. The lowest BCUT2D eigenvalue weighted by Crippen LogP contribution is -2.41. The van der Waals surface area contributed by atoms with E-state index in [0.29, 0.717) is 18.0 Å². The first-order chi connectivity index (χ1) is 9.98. The fraction of sp³-hybridized carbons (Fsp3) is 0.562. The summed E-state index contributed by atoms with van der Waals surface area (Å²) in [5.74, 6) is -0.0631. The molecule has 1 fully saturated rings. The van der Waals surface area contributed by atoms with Crippen LogP contribution in [0.5, 0.6) is 0 Å². The molecule has 0 saturated carbocycles. The number of aryl methyl sites for hydroxylation is 2. The van der Waals surface area contributed by atoms with Gasteiger partial charge in [0.25, 0.3) is 0 Å². The highest BCUT2D eigenvalue weighted by molar-refractivity contribution is 7.89. The molecule has 0 radical (unpaired) electrons. The van der Waals surface area contributed by atoms with Crippen molar-refractivity contribution in [2.45, 2.75) is 43.9 Å². The summed E-state index contributed by atoms with van der Waals surface area (Å²) in [5, 5.41) is 0. The van der Waals surface area contributed by atoms with E-state index in [0.717, 1.165) is 37.7 Å². The van der Waals surface area contributed by atoms with Crippen molar-refractivity contribution in [3.05, 3.63) is 29.3 Å². The molecule has 1 aliphatic carbocycles. The number of carbonyl (C=O) groups is 1. The van der Waals surface area contributed by atoms with Gasteiger partial charge in [-0.15, -0.1) is 0 Å². The molecule has 1 aromatic carbocycles. The molecule has 0 spiro atoms. The predicted octanol–water partition coefficient (Wildman–Crippen LogP) is 2.17. The zero-order chi connectivity index (χ0) is 15.0. The number of piperidine rings is 1. The molecule has 0 aromatic heterocycles. The van der Waals surface area contributed by atoms with Crippen molar-refractivity contribution < 1.29 is 13.2 Å². The highest BCUT2D eigenvalue weighted by Crippen LogP contribution is 2.28. The molecule has 0 bridgehead atoms. The first-order valence-electron chi connectivity index (χ1n) is 7.61. The summed E-state index contributed by atoms with van der Waals surface area (Å²) < 4.78 is 27.0. The largest absolute Gasteiger partial charge is 0.300 e. The summed E-state index contributed by atoms with van der Waals surface area (Å²) in [5.41, 5.74) is 2.44. The van der Waals surface area contributed by atoms with E-state index in [1.807, 2.05) is 12.1 Å². The molecule has 3 rings (SSSR count). The van der Waals surface area contributed by atoms with Crippen LogP contribution in [0.2, 0.25) is 0 Å². The van der Waals surface area contributed by atoms with Crippen molar-refractivity contribution in [2.24, 2.45) is 5.92 Å². The Morgan fingerprint density at radius 2 is 1.95 bits per heavy atom. The number of nitrogens with zero attached hydrogens (tertiary/aromatic N) is 1. The molecular formula is C16H21NO3S. The van der Waals surface area contributed by atoms with Gasteiger partial charge in [0.2, 0.25) is 10.0 Å². The Bertz CT molecular complexity index is 666. The van der Waals surface area contributed by atoms with Crippen LogP contribution in [0.4, 0.5) is 0 Å². The van der Waals surface area contributed by atoms with Gasteiger partial charge in [-0.1, -0.05) is 6.07 Å². The number of sulfonamides is 1. The minimum atomic E-state index is -3.47. The van der Waals surface area contributed by atoms with Gasteiger partial charge >= 0.3 is 0 Å². The number of hydrogen-bond donors (Lipinski definition) is 0. The summed E-state index contributed by atoms with van der Waals surface area (Å²) in [6.45, 7) is 2.40. The Balaban J connectivity index is 1.88. The number of ketones is 1. The molecule has 21 heavy (non-hydrogen) atoms. The lowest BCUT2D eigenvalue weighted by Gasteiger charge is -2.30.